The van der Waals surface area contributed by atoms with E-state index in [0.29, 0.717) is 25.6 Å². The van der Waals surface area contributed by atoms with Gasteiger partial charge in [0, 0.05) is 49.9 Å². The number of pyridine rings is 1. The molecule has 0 saturated carbocycles. The Balaban J connectivity index is 1.40. The van der Waals surface area contributed by atoms with Crippen LogP contribution in [0.1, 0.15) is 41.3 Å². The summed E-state index contributed by atoms with van der Waals surface area (Å²) in [7, 11) is 0. The number of rotatable bonds is 4. The highest BCUT2D eigenvalue weighted by Gasteiger charge is 2.23. The molecule has 2 aromatic carbocycles. The fourth-order valence-electron chi connectivity index (χ4n) is 3.89. The van der Waals surface area contributed by atoms with Gasteiger partial charge in [0.15, 0.2) is 0 Å². The maximum Gasteiger partial charge on any atom is 0.253 e. The van der Waals surface area contributed by atoms with Gasteiger partial charge in [0.05, 0.1) is 5.52 Å². The van der Waals surface area contributed by atoms with Crippen molar-refractivity contribution in [2.75, 3.05) is 26.2 Å². The number of piperazine rings is 1. The molecule has 1 aromatic heterocycles. The quantitative estimate of drug-likeness (QED) is 0.659. The molecule has 1 saturated heterocycles. The standard InChI is InChI=1S/C24H26FN3O/c1-17(2)18-5-7-19(8-6-18)24(29)28-12-10-27(11-13-28)16-21-15-22(25)14-20-4-3-9-26-23(20)21/h3-9,14-15,17H,10-13,16H2,1-2H3. The van der Waals surface area contributed by atoms with E-state index < -0.39 is 0 Å². The molecule has 0 bridgehead atoms. The van der Waals surface area contributed by atoms with Crippen LogP contribution in [-0.4, -0.2) is 46.9 Å². The predicted octanol–water partition coefficient (Wildman–Crippen LogP) is 4.46. The number of carbonyl (C=O) groups excluding carboxylic acids is 1. The van der Waals surface area contributed by atoms with Gasteiger partial charge in [-0.05, 0) is 47.4 Å². The van der Waals surface area contributed by atoms with E-state index >= 15 is 0 Å². The van der Waals surface area contributed by atoms with Gasteiger partial charge in [-0.3, -0.25) is 14.7 Å². The maximum absolute atomic E-state index is 14.0. The van der Waals surface area contributed by atoms with Crippen LogP contribution in [0.3, 0.4) is 0 Å². The topological polar surface area (TPSA) is 36.4 Å². The number of amides is 1. The number of hydrogen-bond donors (Lipinski definition) is 0. The van der Waals surface area contributed by atoms with Gasteiger partial charge in [0.25, 0.3) is 5.91 Å². The minimum Gasteiger partial charge on any atom is -0.336 e. The lowest BCUT2D eigenvalue weighted by molar-refractivity contribution is 0.0629. The molecule has 0 spiro atoms. The van der Waals surface area contributed by atoms with Crippen LogP contribution in [0.4, 0.5) is 4.39 Å². The summed E-state index contributed by atoms with van der Waals surface area (Å²) >= 11 is 0. The van der Waals surface area contributed by atoms with Gasteiger partial charge < -0.3 is 4.90 Å². The number of halogens is 1. The number of carbonyl (C=O) groups is 1. The zero-order chi connectivity index (χ0) is 20.4. The van der Waals surface area contributed by atoms with Crippen molar-refractivity contribution >= 4 is 16.8 Å². The van der Waals surface area contributed by atoms with E-state index in [4.69, 9.17) is 0 Å². The summed E-state index contributed by atoms with van der Waals surface area (Å²) in [5.41, 5.74) is 3.72. The second-order valence-corrected chi connectivity index (χ2v) is 7.99. The molecule has 3 aromatic rings. The van der Waals surface area contributed by atoms with Gasteiger partial charge in [-0.25, -0.2) is 4.39 Å². The van der Waals surface area contributed by atoms with Crippen LogP contribution in [0.2, 0.25) is 0 Å². The third-order valence-corrected chi connectivity index (χ3v) is 5.63. The molecule has 1 aliphatic rings. The third-order valence-electron chi connectivity index (χ3n) is 5.63. The first-order chi connectivity index (χ1) is 14.0. The Bertz CT molecular complexity index is 1010. The molecule has 150 valence electrons. The highest BCUT2D eigenvalue weighted by molar-refractivity contribution is 5.94. The molecular weight excluding hydrogens is 365 g/mol. The molecule has 2 heterocycles. The van der Waals surface area contributed by atoms with Crippen molar-refractivity contribution in [2.24, 2.45) is 0 Å². The smallest absolute Gasteiger partial charge is 0.253 e. The first kappa shape index (κ1) is 19.5. The van der Waals surface area contributed by atoms with Crippen molar-refractivity contribution in [3.05, 3.63) is 77.2 Å². The Morgan fingerprint density at radius 3 is 2.48 bits per heavy atom. The number of hydrogen-bond acceptors (Lipinski definition) is 3. The molecule has 4 rings (SSSR count). The molecular formula is C24H26FN3O. The minimum atomic E-state index is -0.237. The molecule has 0 radical (unpaired) electrons. The van der Waals surface area contributed by atoms with Crippen LogP contribution < -0.4 is 0 Å². The monoisotopic (exact) mass is 391 g/mol. The van der Waals surface area contributed by atoms with Crippen LogP contribution in [0.5, 0.6) is 0 Å². The highest BCUT2D eigenvalue weighted by Crippen LogP contribution is 2.21. The Labute approximate surface area is 171 Å². The largest absolute Gasteiger partial charge is 0.336 e. The third kappa shape index (κ3) is 4.30. The summed E-state index contributed by atoms with van der Waals surface area (Å²) in [4.78, 5) is 21.4. The van der Waals surface area contributed by atoms with Crippen LogP contribution in [0, 0.1) is 5.82 Å². The summed E-state index contributed by atoms with van der Waals surface area (Å²) in [6, 6.07) is 14.7. The average molecular weight is 391 g/mol. The molecule has 4 nitrogen and oxygen atoms in total. The molecule has 29 heavy (non-hydrogen) atoms. The Kier molecular flexibility index (Phi) is 5.58. The first-order valence-electron chi connectivity index (χ1n) is 10.2. The molecule has 1 amide bonds. The minimum absolute atomic E-state index is 0.0813. The summed E-state index contributed by atoms with van der Waals surface area (Å²) in [6.07, 6.45) is 1.74. The van der Waals surface area contributed by atoms with Crippen molar-refractivity contribution in [2.45, 2.75) is 26.3 Å². The van der Waals surface area contributed by atoms with E-state index in [0.717, 1.165) is 35.1 Å². The van der Waals surface area contributed by atoms with E-state index in [-0.39, 0.29) is 11.7 Å². The van der Waals surface area contributed by atoms with E-state index in [2.05, 4.69) is 23.7 Å². The molecule has 0 unspecified atom stereocenters. The normalized spacial score (nSPS) is 15.2. The number of aromatic nitrogens is 1. The zero-order valence-corrected chi connectivity index (χ0v) is 16.9. The van der Waals surface area contributed by atoms with Crippen LogP contribution in [-0.2, 0) is 6.54 Å². The average Bonchev–Trinajstić information content (AvgIpc) is 2.74. The van der Waals surface area contributed by atoms with Gasteiger partial charge in [0.2, 0.25) is 0 Å². The van der Waals surface area contributed by atoms with Crippen LogP contribution in [0.15, 0.2) is 54.7 Å². The van der Waals surface area contributed by atoms with Gasteiger partial charge in [-0.15, -0.1) is 0 Å². The Morgan fingerprint density at radius 2 is 1.79 bits per heavy atom. The lowest BCUT2D eigenvalue weighted by Crippen LogP contribution is -2.48. The van der Waals surface area contributed by atoms with E-state index in [1.165, 1.54) is 11.6 Å². The van der Waals surface area contributed by atoms with Crippen LogP contribution in [0.25, 0.3) is 10.9 Å². The maximum atomic E-state index is 14.0. The number of fused-ring (bicyclic) bond motifs is 1. The van der Waals surface area contributed by atoms with Crippen LogP contribution >= 0.6 is 0 Å². The number of nitrogens with zero attached hydrogens (tertiary/aromatic N) is 3. The second-order valence-electron chi connectivity index (χ2n) is 7.99. The number of benzene rings is 2. The van der Waals surface area contributed by atoms with Crippen molar-refractivity contribution in [3.8, 4) is 0 Å². The molecule has 1 aliphatic heterocycles. The van der Waals surface area contributed by atoms with E-state index in [1.54, 1.807) is 12.3 Å². The van der Waals surface area contributed by atoms with Gasteiger partial charge in [0.1, 0.15) is 5.82 Å². The fraction of sp³-hybridized carbons (Fsp3) is 0.333. The second kappa shape index (κ2) is 8.29. The molecule has 0 aliphatic carbocycles. The predicted molar refractivity (Wildman–Crippen MR) is 113 cm³/mol. The molecule has 1 fully saturated rings. The first-order valence-corrected chi connectivity index (χ1v) is 10.2. The molecule has 0 atom stereocenters. The Morgan fingerprint density at radius 1 is 1.07 bits per heavy atom. The molecule has 5 heteroatoms. The molecule has 0 N–H and O–H groups in total. The van der Waals surface area contributed by atoms with Crippen molar-refractivity contribution < 1.29 is 9.18 Å². The lowest BCUT2D eigenvalue weighted by atomic mass is 10.0. The fourth-order valence-corrected chi connectivity index (χ4v) is 3.89. The highest BCUT2D eigenvalue weighted by atomic mass is 19.1. The zero-order valence-electron chi connectivity index (χ0n) is 16.9. The SMILES string of the molecule is CC(C)c1ccc(C(=O)N2CCN(Cc3cc(F)cc4cccnc34)CC2)cc1. The van der Waals surface area contributed by atoms with E-state index in [1.807, 2.05) is 41.3 Å². The van der Waals surface area contributed by atoms with Gasteiger partial charge in [-0.1, -0.05) is 32.0 Å². The van der Waals surface area contributed by atoms with Gasteiger partial charge in [-0.2, -0.15) is 0 Å². The summed E-state index contributed by atoms with van der Waals surface area (Å²) in [5.74, 6) is 0.299. The van der Waals surface area contributed by atoms with Crippen molar-refractivity contribution in [3.63, 3.8) is 0 Å². The summed E-state index contributed by atoms with van der Waals surface area (Å²) < 4.78 is 14.0. The Hall–Kier alpha value is -2.79. The van der Waals surface area contributed by atoms with Crippen molar-refractivity contribution in [1.82, 2.24) is 14.8 Å². The summed E-state index contributed by atoms with van der Waals surface area (Å²) in [6.45, 7) is 7.80. The van der Waals surface area contributed by atoms with Crippen molar-refractivity contribution in [1.29, 1.82) is 0 Å². The lowest BCUT2D eigenvalue weighted by Gasteiger charge is -2.35. The van der Waals surface area contributed by atoms with Gasteiger partial charge >= 0.3 is 0 Å². The van der Waals surface area contributed by atoms with E-state index in [9.17, 15) is 9.18 Å². The summed E-state index contributed by atoms with van der Waals surface area (Å²) in [5, 5.41) is 0.821.